The quantitative estimate of drug-likeness (QED) is 0.628. The molecule has 0 atom stereocenters. The molecule has 0 aromatic rings. The predicted molar refractivity (Wildman–Crippen MR) is 72.0 cm³/mol. The standard InChI is InChI=1S/C12H25NO4S/c1-3-5-9-13(10-6-4-2)18(16,17)11-7-8-12(14)15/h3-11H2,1-2H3,(H,14,15). The molecule has 0 heterocycles. The fourth-order valence-corrected chi connectivity index (χ4v) is 3.18. The molecule has 0 rings (SSSR count). The van der Waals surface area contributed by atoms with Crippen molar-refractivity contribution in [1.29, 1.82) is 0 Å². The van der Waals surface area contributed by atoms with Gasteiger partial charge in [0.1, 0.15) is 0 Å². The van der Waals surface area contributed by atoms with Crippen LogP contribution in [-0.2, 0) is 14.8 Å². The van der Waals surface area contributed by atoms with Gasteiger partial charge in [-0.3, -0.25) is 4.79 Å². The Morgan fingerprint density at radius 1 is 1.06 bits per heavy atom. The highest BCUT2D eigenvalue weighted by molar-refractivity contribution is 7.89. The van der Waals surface area contributed by atoms with Gasteiger partial charge in [-0.15, -0.1) is 0 Å². The summed E-state index contributed by atoms with van der Waals surface area (Å²) in [7, 11) is -3.29. The number of carboxylic acids is 1. The predicted octanol–water partition coefficient (Wildman–Crippen LogP) is 2.08. The van der Waals surface area contributed by atoms with Crippen LogP contribution in [-0.4, -0.2) is 42.6 Å². The molecule has 0 radical (unpaired) electrons. The highest BCUT2D eigenvalue weighted by atomic mass is 32.2. The number of aliphatic carboxylic acids is 1. The molecule has 0 aromatic heterocycles. The monoisotopic (exact) mass is 279 g/mol. The van der Waals surface area contributed by atoms with Crippen molar-refractivity contribution in [2.24, 2.45) is 0 Å². The van der Waals surface area contributed by atoms with Gasteiger partial charge in [0.05, 0.1) is 5.75 Å². The van der Waals surface area contributed by atoms with Crippen molar-refractivity contribution in [2.45, 2.75) is 52.4 Å². The van der Waals surface area contributed by atoms with E-state index < -0.39 is 16.0 Å². The average Bonchev–Trinajstić information content (AvgIpc) is 2.28. The van der Waals surface area contributed by atoms with Crippen LogP contribution >= 0.6 is 0 Å². The van der Waals surface area contributed by atoms with E-state index in [0.29, 0.717) is 13.1 Å². The Labute approximate surface area is 110 Å². The molecule has 6 heteroatoms. The first kappa shape index (κ1) is 17.4. The van der Waals surface area contributed by atoms with Crippen molar-refractivity contribution in [3.8, 4) is 0 Å². The van der Waals surface area contributed by atoms with Gasteiger partial charge in [0.15, 0.2) is 0 Å². The van der Waals surface area contributed by atoms with E-state index in [2.05, 4.69) is 0 Å². The summed E-state index contributed by atoms with van der Waals surface area (Å²) < 4.78 is 25.6. The smallest absolute Gasteiger partial charge is 0.303 e. The lowest BCUT2D eigenvalue weighted by molar-refractivity contribution is -0.137. The Bertz CT molecular complexity index is 319. The van der Waals surface area contributed by atoms with E-state index in [-0.39, 0.29) is 18.6 Å². The van der Waals surface area contributed by atoms with Crippen LogP contribution in [0.3, 0.4) is 0 Å². The molecule has 1 N–H and O–H groups in total. The summed E-state index contributed by atoms with van der Waals surface area (Å²) in [4.78, 5) is 10.4. The summed E-state index contributed by atoms with van der Waals surface area (Å²) in [5, 5.41) is 8.52. The molecular formula is C12H25NO4S. The molecule has 0 spiro atoms. The molecule has 18 heavy (non-hydrogen) atoms. The van der Waals surface area contributed by atoms with E-state index in [9.17, 15) is 13.2 Å². The normalized spacial score (nSPS) is 11.9. The maximum Gasteiger partial charge on any atom is 0.303 e. The molecule has 5 nitrogen and oxygen atoms in total. The Hall–Kier alpha value is -0.620. The fraction of sp³-hybridized carbons (Fsp3) is 0.917. The van der Waals surface area contributed by atoms with Gasteiger partial charge in [-0.1, -0.05) is 26.7 Å². The molecule has 108 valence electrons. The Balaban J connectivity index is 4.37. The van der Waals surface area contributed by atoms with E-state index in [1.807, 2.05) is 13.8 Å². The van der Waals surface area contributed by atoms with Crippen molar-refractivity contribution in [3.63, 3.8) is 0 Å². The van der Waals surface area contributed by atoms with Crippen LogP contribution in [0.4, 0.5) is 0 Å². The van der Waals surface area contributed by atoms with Crippen LogP contribution < -0.4 is 0 Å². The molecule has 0 aromatic carbocycles. The maximum atomic E-state index is 12.1. The minimum absolute atomic E-state index is 0.0628. The van der Waals surface area contributed by atoms with Crippen LogP contribution in [0, 0.1) is 0 Å². The zero-order valence-electron chi connectivity index (χ0n) is 11.4. The zero-order valence-corrected chi connectivity index (χ0v) is 12.2. The first-order chi connectivity index (χ1) is 8.44. The first-order valence-electron chi connectivity index (χ1n) is 6.63. The van der Waals surface area contributed by atoms with E-state index in [1.165, 1.54) is 4.31 Å². The minimum atomic E-state index is -3.29. The first-order valence-corrected chi connectivity index (χ1v) is 8.24. The van der Waals surface area contributed by atoms with Gasteiger partial charge in [-0.25, -0.2) is 12.7 Å². The molecule has 0 saturated heterocycles. The van der Waals surface area contributed by atoms with E-state index >= 15 is 0 Å². The maximum absolute atomic E-state index is 12.1. The van der Waals surface area contributed by atoms with Gasteiger partial charge in [-0.2, -0.15) is 0 Å². The van der Waals surface area contributed by atoms with E-state index in [4.69, 9.17) is 5.11 Å². The lowest BCUT2D eigenvalue weighted by atomic mass is 10.3. The molecule has 0 fully saturated rings. The highest BCUT2D eigenvalue weighted by Crippen LogP contribution is 2.09. The molecule has 0 aliphatic rings. The molecule has 0 unspecified atom stereocenters. The van der Waals surface area contributed by atoms with Crippen molar-refractivity contribution in [2.75, 3.05) is 18.8 Å². The second kappa shape index (κ2) is 9.33. The van der Waals surface area contributed by atoms with Gasteiger partial charge in [0.2, 0.25) is 10.0 Å². The van der Waals surface area contributed by atoms with Crippen molar-refractivity contribution < 1.29 is 18.3 Å². The number of hydrogen-bond acceptors (Lipinski definition) is 3. The zero-order chi connectivity index (χ0) is 14.0. The minimum Gasteiger partial charge on any atom is -0.481 e. The van der Waals surface area contributed by atoms with Gasteiger partial charge in [0, 0.05) is 19.5 Å². The van der Waals surface area contributed by atoms with Crippen LogP contribution in [0.1, 0.15) is 52.4 Å². The molecular weight excluding hydrogens is 254 g/mol. The number of hydrogen-bond donors (Lipinski definition) is 1. The Kier molecular flexibility index (Phi) is 9.01. The fourth-order valence-electron chi connectivity index (χ4n) is 1.59. The van der Waals surface area contributed by atoms with Gasteiger partial charge >= 0.3 is 5.97 Å². The Morgan fingerprint density at radius 3 is 1.94 bits per heavy atom. The van der Waals surface area contributed by atoms with Gasteiger partial charge in [-0.05, 0) is 19.3 Å². The largest absolute Gasteiger partial charge is 0.481 e. The third kappa shape index (κ3) is 7.66. The number of nitrogens with zero attached hydrogens (tertiary/aromatic N) is 1. The number of carboxylic acid groups (broad SMARTS) is 1. The number of unbranched alkanes of at least 4 members (excludes halogenated alkanes) is 2. The van der Waals surface area contributed by atoms with Crippen LogP contribution in [0.15, 0.2) is 0 Å². The van der Waals surface area contributed by atoms with Crippen LogP contribution in [0.5, 0.6) is 0 Å². The topological polar surface area (TPSA) is 74.7 Å². The Morgan fingerprint density at radius 2 is 1.56 bits per heavy atom. The molecule has 0 aliphatic carbocycles. The number of rotatable bonds is 11. The third-order valence-electron chi connectivity index (χ3n) is 2.71. The van der Waals surface area contributed by atoms with E-state index in [1.54, 1.807) is 0 Å². The molecule has 0 saturated carbocycles. The van der Waals surface area contributed by atoms with Crippen LogP contribution in [0.2, 0.25) is 0 Å². The molecule has 0 bridgehead atoms. The second-order valence-electron chi connectivity index (χ2n) is 4.42. The van der Waals surface area contributed by atoms with Gasteiger partial charge < -0.3 is 5.11 Å². The summed E-state index contributed by atoms with van der Waals surface area (Å²) in [5.41, 5.74) is 0. The summed E-state index contributed by atoms with van der Waals surface area (Å²) >= 11 is 0. The second-order valence-corrected chi connectivity index (χ2v) is 6.51. The molecule has 0 amide bonds. The SMILES string of the molecule is CCCCN(CCCC)S(=O)(=O)CCCC(=O)O. The average molecular weight is 279 g/mol. The lowest BCUT2D eigenvalue weighted by Gasteiger charge is -2.21. The summed E-state index contributed by atoms with van der Waals surface area (Å²) in [5.74, 6) is -1.01. The summed E-state index contributed by atoms with van der Waals surface area (Å²) in [6, 6.07) is 0. The third-order valence-corrected chi connectivity index (χ3v) is 4.66. The van der Waals surface area contributed by atoms with Gasteiger partial charge in [0.25, 0.3) is 0 Å². The van der Waals surface area contributed by atoms with Crippen molar-refractivity contribution >= 4 is 16.0 Å². The summed E-state index contributed by atoms with van der Waals surface area (Å²) in [6.45, 7) is 5.14. The molecule has 0 aliphatic heterocycles. The van der Waals surface area contributed by atoms with Crippen molar-refractivity contribution in [3.05, 3.63) is 0 Å². The number of carbonyl (C=O) groups is 1. The summed E-state index contributed by atoms with van der Waals surface area (Å²) in [6.07, 6.45) is 3.70. The van der Waals surface area contributed by atoms with Crippen LogP contribution in [0.25, 0.3) is 0 Å². The van der Waals surface area contributed by atoms with E-state index in [0.717, 1.165) is 25.7 Å². The van der Waals surface area contributed by atoms with Crippen molar-refractivity contribution in [1.82, 2.24) is 4.31 Å². The highest BCUT2D eigenvalue weighted by Gasteiger charge is 2.20. The number of sulfonamides is 1. The lowest BCUT2D eigenvalue weighted by Crippen LogP contribution is -2.35.